The molecule has 78 valence electrons. The van der Waals surface area contributed by atoms with Gasteiger partial charge in [0.05, 0.1) is 0 Å². The standard InChI is InChI=1S/C8H14O2S2.H3N/c9-8(10)4-2-1-3-7-5-6-11-12-7;/h7H,1-6H2,(H,9,10);1H3/p+1/t7-;/m1./s1. The Morgan fingerprint density at radius 3 is 2.77 bits per heavy atom. The van der Waals surface area contributed by atoms with E-state index in [2.05, 4.69) is 0 Å². The number of hydrogen-bond donors (Lipinski definition) is 2. The summed E-state index contributed by atoms with van der Waals surface area (Å²) >= 11 is 0. The van der Waals surface area contributed by atoms with E-state index in [0.29, 0.717) is 6.42 Å². The maximum atomic E-state index is 10.2. The largest absolute Gasteiger partial charge is 0.481 e. The van der Waals surface area contributed by atoms with Crippen LogP contribution >= 0.6 is 21.6 Å². The van der Waals surface area contributed by atoms with Crippen LogP contribution in [-0.4, -0.2) is 22.1 Å². The van der Waals surface area contributed by atoms with Crippen LogP contribution in [0.4, 0.5) is 0 Å². The number of hydrogen-bond acceptors (Lipinski definition) is 3. The smallest absolute Gasteiger partial charge is 0.303 e. The van der Waals surface area contributed by atoms with Gasteiger partial charge in [-0.2, -0.15) is 0 Å². The number of carboxylic acids is 1. The molecule has 13 heavy (non-hydrogen) atoms. The zero-order valence-electron chi connectivity index (χ0n) is 7.99. The lowest BCUT2D eigenvalue weighted by molar-refractivity contribution is -0.137. The normalized spacial score (nSPS) is 21.1. The molecule has 1 fully saturated rings. The van der Waals surface area contributed by atoms with Gasteiger partial charge in [-0.1, -0.05) is 28.0 Å². The van der Waals surface area contributed by atoms with E-state index in [1.54, 1.807) is 0 Å². The summed E-state index contributed by atoms with van der Waals surface area (Å²) in [6.07, 6.45) is 4.76. The Morgan fingerprint density at radius 2 is 2.23 bits per heavy atom. The topological polar surface area (TPSA) is 73.8 Å². The molecule has 3 nitrogen and oxygen atoms in total. The third-order valence-electron chi connectivity index (χ3n) is 1.89. The molecule has 5 heteroatoms. The number of unbranched alkanes of at least 4 members (excludes halogenated alkanes) is 1. The first kappa shape index (κ1) is 13.1. The van der Waals surface area contributed by atoms with E-state index >= 15 is 0 Å². The first-order chi connectivity index (χ1) is 5.79. The molecule has 0 aliphatic carbocycles. The number of quaternary nitrogens is 1. The van der Waals surface area contributed by atoms with Crippen molar-refractivity contribution in [1.82, 2.24) is 6.15 Å². The highest BCUT2D eigenvalue weighted by atomic mass is 33.1. The predicted octanol–water partition coefficient (Wildman–Crippen LogP) is 3.16. The van der Waals surface area contributed by atoms with Gasteiger partial charge >= 0.3 is 5.97 Å². The van der Waals surface area contributed by atoms with Crippen molar-refractivity contribution in [3.05, 3.63) is 0 Å². The van der Waals surface area contributed by atoms with E-state index in [-0.39, 0.29) is 6.15 Å². The Morgan fingerprint density at radius 1 is 1.46 bits per heavy atom. The van der Waals surface area contributed by atoms with Crippen LogP contribution in [-0.2, 0) is 4.79 Å². The van der Waals surface area contributed by atoms with Crippen LogP contribution in [0.15, 0.2) is 0 Å². The molecule has 0 aromatic rings. The summed E-state index contributed by atoms with van der Waals surface area (Å²) in [4.78, 5) is 10.2. The molecule has 0 radical (unpaired) electrons. The zero-order valence-corrected chi connectivity index (χ0v) is 9.62. The van der Waals surface area contributed by atoms with Crippen LogP contribution < -0.4 is 6.15 Å². The molecule has 1 heterocycles. The Hall–Kier alpha value is 0.130. The van der Waals surface area contributed by atoms with Crippen LogP contribution in [0.1, 0.15) is 32.1 Å². The highest BCUT2D eigenvalue weighted by Crippen LogP contribution is 2.39. The second-order valence-electron chi connectivity index (χ2n) is 2.97. The van der Waals surface area contributed by atoms with Gasteiger partial charge in [-0.25, -0.2) is 0 Å². The van der Waals surface area contributed by atoms with Crippen molar-refractivity contribution in [2.45, 2.75) is 37.4 Å². The van der Waals surface area contributed by atoms with Gasteiger partial charge in [0.25, 0.3) is 0 Å². The second-order valence-corrected chi connectivity index (χ2v) is 5.76. The molecule has 1 atom stereocenters. The van der Waals surface area contributed by atoms with Crippen LogP contribution in [0.3, 0.4) is 0 Å². The minimum atomic E-state index is -0.663. The fourth-order valence-electron chi connectivity index (χ4n) is 1.21. The van der Waals surface area contributed by atoms with E-state index in [1.165, 1.54) is 18.6 Å². The fourth-order valence-corrected chi connectivity index (χ4v) is 4.24. The molecule has 0 aromatic carbocycles. The SMILES string of the molecule is O=C(O)CCCC[C@@H]1CCSS1.[NH4+]. The maximum Gasteiger partial charge on any atom is 0.303 e. The predicted molar refractivity (Wildman–Crippen MR) is 60.5 cm³/mol. The number of aliphatic carboxylic acids is 1. The van der Waals surface area contributed by atoms with Crippen LogP contribution in [0, 0.1) is 0 Å². The van der Waals surface area contributed by atoms with Gasteiger partial charge in [0.1, 0.15) is 0 Å². The molecule has 1 aliphatic heterocycles. The van der Waals surface area contributed by atoms with Crippen LogP contribution in [0.5, 0.6) is 0 Å². The summed E-state index contributed by atoms with van der Waals surface area (Å²) in [5, 5.41) is 9.19. The minimum absolute atomic E-state index is 0. The van der Waals surface area contributed by atoms with Crippen molar-refractivity contribution < 1.29 is 9.90 Å². The molecule has 1 rings (SSSR count). The summed E-state index contributed by atoms with van der Waals surface area (Å²) in [7, 11) is 3.92. The summed E-state index contributed by atoms with van der Waals surface area (Å²) in [6, 6.07) is 0. The lowest BCUT2D eigenvalue weighted by atomic mass is 10.1. The van der Waals surface area contributed by atoms with Crippen molar-refractivity contribution >= 4 is 27.6 Å². The van der Waals surface area contributed by atoms with Gasteiger partial charge in [-0.05, 0) is 19.3 Å². The second kappa shape index (κ2) is 7.53. The average Bonchev–Trinajstić information content (AvgIpc) is 2.49. The molecule has 0 unspecified atom stereocenters. The number of carboxylic acid groups (broad SMARTS) is 1. The molecule has 0 aromatic heterocycles. The maximum absolute atomic E-state index is 10.2. The van der Waals surface area contributed by atoms with Crippen molar-refractivity contribution in [3.63, 3.8) is 0 Å². The van der Waals surface area contributed by atoms with Crippen molar-refractivity contribution in [2.24, 2.45) is 0 Å². The lowest BCUT2D eigenvalue weighted by Gasteiger charge is -2.04. The molecular formula is C8H18NO2S2+. The highest BCUT2D eigenvalue weighted by Gasteiger charge is 2.15. The monoisotopic (exact) mass is 224 g/mol. The van der Waals surface area contributed by atoms with Gasteiger partial charge < -0.3 is 11.3 Å². The van der Waals surface area contributed by atoms with Crippen molar-refractivity contribution in [3.8, 4) is 0 Å². The Bertz CT molecular complexity index is 149. The molecule has 0 amide bonds. The van der Waals surface area contributed by atoms with E-state index in [4.69, 9.17) is 5.11 Å². The molecule has 0 saturated carbocycles. The molecule has 5 N–H and O–H groups in total. The Balaban J connectivity index is 0.00000144. The quantitative estimate of drug-likeness (QED) is 0.555. The number of carbonyl (C=O) groups is 1. The fraction of sp³-hybridized carbons (Fsp3) is 0.875. The van der Waals surface area contributed by atoms with Crippen LogP contribution in [0.25, 0.3) is 0 Å². The summed E-state index contributed by atoms with van der Waals surface area (Å²) in [6.45, 7) is 0. The lowest BCUT2D eigenvalue weighted by Crippen LogP contribution is -1.99. The number of rotatable bonds is 5. The van der Waals surface area contributed by atoms with E-state index in [0.717, 1.165) is 18.1 Å². The zero-order chi connectivity index (χ0) is 8.81. The van der Waals surface area contributed by atoms with Crippen LogP contribution in [0.2, 0.25) is 0 Å². The van der Waals surface area contributed by atoms with Gasteiger partial charge in [0.2, 0.25) is 0 Å². The third kappa shape index (κ3) is 6.23. The van der Waals surface area contributed by atoms with Crippen molar-refractivity contribution in [1.29, 1.82) is 0 Å². The average molecular weight is 224 g/mol. The molecule has 1 aliphatic rings. The molecule has 1 saturated heterocycles. The Labute approximate surface area is 87.0 Å². The molecular weight excluding hydrogens is 206 g/mol. The molecule has 0 bridgehead atoms. The van der Waals surface area contributed by atoms with E-state index in [1.807, 2.05) is 21.6 Å². The first-order valence-electron chi connectivity index (χ1n) is 4.29. The van der Waals surface area contributed by atoms with E-state index in [9.17, 15) is 4.79 Å². The van der Waals surface area contributed by atoms with Gasteiger partial charge in [0.15, 0.2) is 0 Å². The summed E-state index contributed by atoms with van der Waals surface area (Å²) in [5.74, 6) is 0.609. The first-order valence-corrected chi connectivity index (χ1v) is 6.67. The summed E-state index contributed by atoms with van der Waals surface area (Å²) in [5.41, 5.74) is 0. The minimum Gasteiger partial charge on any atom is -0.481 e. The van der Waals surface area contributed by atoms with Crippen molar-refractivity contribution in [2.75, 3.05) is 5.75 Å². The van der Waals surface area contributed by atoms with Gasteiger partial charge in [0, 0.05) is 17.4 Å². The van der Waals surface area contributed by atoms with Gasteiger partial charge in [-0.3, -0.25) is 4.79 Å². The highest BCUT2D eigenvalue weighted by molar-refractivity contribution is 8.77. The van der Waals surface area contributed by atoms with Gasteiger partial charge in [-0.15, -0.1) is 0 Å². The summed E-state index contributed by atoms with van der Waals surface area (Å²) < 4.78 is 0. The Kier molecular flexibility index (Phi) is 7.60. The molecule has 0 spiro atoms. The van der Waals surface area contributed by atoms with E-state index < -0.39 is 5.97 Å². The third-order valence-corrected chi connectivity index (χ3v) is 4.90.